The third kappa shape index (κ3) is 3.49. The van der Waals surface area contributed by atoms with Gasteiger partial charge in [-0.3, -0.25) is 14.9 Å². The lowest BCUT2D eigenvalue weighted by atomic mass is 10.2. The molecule has 2 aromatic carbocycles. The highest BCUT2D eigenvalue weighted by atomic mass is 16.6. The van der Waals surface area contributed by atoms with Crippen molar-refractivity contribution in [3.8, 4) is 0 Å². The molecule has 0 saturated heterocycles. The summed E-state index contributed by atoms with van der Waals surface area (Å²) in [6.45, 7) is 0. The van der Waals surface area contributed by atoms with Crippen LogP contribution >= 0.6 is 0 Å². The van der Waals surface area contributed by atoms with Crippen molar-refractivity contribution >= 4 is 17.8 Å². The number of carbonyl (C=O) groups is 1. The van der Waals surface area contributed by atoms with Gasteiger partial charge in [0.15, 0.2) is 0 Å². The molecule has 6 nitrogen and oxygen atoms in total. The molecule has 0 unspecified atom stereocenters. The molecule has 1 N–H and O–H groups in total. The molecule has 2 rings (SSSR count). The molecule has 0 aliphatic heterocycles. The molecule has 0 fully saturated rings. The summed E-state index contributed by atoms with van der Waals surface area (Å²) in [5.74, 6) is -0.316. The van der Waals surface area contributed by atoms with E-state index in [2.05, 4.69) is 10.5 Å². The fourth-order valence-electron chi connectivity index (χ4n) is 1.50. The molecular formula is C14H11N3O3. The van der Waals surface area contributed by atoms with Crippen molar-refractivity contribution in [1.29, 1.82) is 0 Å². The summed E-state index contributed by atoms with van der Waals surface area (Å²) in [4.78, 5) is 21.7. The van der Waals surface area contributed by atoms with E-state index in [9.17, 15) is 14.9 Å². The van der Waals surface area contributed by atoms with Gasteiger partial charge < -0.3 is 0 Å². The molecular weight excluding hydrogens is 258 g/mol. The maximum absolute atomic E-state index is 11.7. The molecule has 0 aliphatic carbocycles. The fourth-order valence-corrected chi connectivity index (χ4v) is 1.50. The van der Waals surface area contributed by atoms with Crippen LogP contribution in [-0.4, -0.2) is 17.0 Å². The minimum Gasteiger partial charge on any atom is -0.267 e. The average molecular weight is 269 g/mol. The molecule has 20 heavy (non-hydrogen) atoms. The number of nitro groups is 1. The van der Waals surface area contributed by atoms with Crippen LogP contribution in [0.3, 0.4) is 0 Å². The van der Waals surface area contributed by atoms with Gasteiger partial charge in [-0.25, -0.2) is 5.43 Å². The first-order valence-corrected chi connectivity index (χ1v) is 5.80. The van der Waals surface area contributed by atoms with Crippen LogP contribution in [0.15, 0.2) is 59.7 Å². The van der Waals surface area contributed by atoms with E-state index in [4.69, 9.17) is 0 Å². The van der Waals surface area contributed by atoms with Crippen LogP contribution in [0.25, 0.3) is 0 Å². The van der Waals surface area contributed by atoms with E-state index < -0.39 is 4.92 Å². The Morgan fingerprint density at radius 3 is 2.35 bits per heavy atom. The third-order valence-corrected chi connectivity index (χ3v) is 2.52. The lowest BCUT2D eigenvalue weighted by Crippen LogP contribution is -2.17. The minimum absolute atomic E-state index is 0.00970. The van der Waals surface area contributed by atoms with Crippen molar-refractivity contribution in [1.82, 2.24) is 5.43 Å². The van der Waals surface area contributed by atoms with E-state index in [0.29, 0.717) is 11.1 Å². The van der Waals surface area contributed by atoms with E-state index in [1.165, 1.54) is 18.3 Å². The zero-order valence-electron chi connectivity index (χ0n) is 10.4. The van der Waals surface area contributed by atoms with Gasteiger partial charge >= 0.3 is 0 Å². The first kappa shape index (κ1) is 13.4. The van der Waals surface area contributed by atoms with Gasteiger partial charge in [0.2, 0.25) is 0 Å². The van der Waals surface area contributed by atoms with Gasteiger partial charge in [-0.05, 0) is 29.8 Å². The Morgan fingerprint density at radius 2 is 1.75 bits per heavy atom. The number of hydrogen-bond acceptors (Lipinski definition) is 4. The maximum atomic E-state index is 11.7. The Labute approximate surface area is 114 Å². The van der Waals surface area contributed by atoms with Crippen molar-refractivity contribution < 1.29 is 9.72 Å². The molecule has 0 radical (unpaired) electrons. The van der Waals surface area contributed by atoms with Gasteiger partial charge in [0.1, 0.15) is 0 Å². The standard InChI is InChI=1S/C14H11N3O3/c18-14(12-4-2-1-3-5-12)16-15-10-11-6-8-13(9-7-11)17(19)20/h1-10H,(H,16,18). The monoisotopic (exact) mass is 269 g/mol. The van der Waals surface area contributed by atoms with E-state index in [1.54, 1.807) is 36.4 Å². The highest BCUT2D eigenvalue weighted by Gasteiger charge is 2.03. The average Bonchev–Trinajstić information content (AvgIpc) is 2.48. The van der Waals surface area contributed by atoms with Gasteiger partial charge in [-0.15, -0.1) is 0 Å². The van der Waals surface area contributed by atoms with Crippen LogP contribution in [0.5, 0.6) is 0 Å². The summed E-state index contributed by atoms with van der Waals surface area (Å²) in [5.41, 5.74) is 3.56. The Morgan fingerprint density at radius 1 is 1.10 bits per heavy atom. The minimum atomic E-state index is -0.474. The number of hydrogen-bond donors (Lipinski definition) is 1. The lowest BCUT2D eigenvalue weighted by molar-refractivity contribution is -0.384. The van der Waals surface area contributed by atoms with Gasteiger partial charge in [0, 0.05) is 17.7 Å². The molecule has 6 heteroatoms. The van der Waals surface area contributed by atoms with Crippen LogP contribution in [-0.2, 0) is 0 Å². The predicted octanol–water partition coefficient (Wildman–Crippen LogP) is 2.36. The molecule has 0 aliphatic rings. The van der Waals surface area contributed by atoms with Gasteiger partial charge in [0.25, 0.3) is 11.6 Å². The zero-order chi connectivity index (χ0) is 14.4. The number of non-ortho nitro benzene ring substituents is 1. The van der Waals surface area contributed by atoms with E-state index in [0.717, 1.165) is 0 Å². The van der Waals surface area contributed by atoms with E-state index >= 15 is 0 Å². The van der Waals surface area contributed by atoms with E-state index in [1.807, 2.05) is 6.07 Å². The summed E-state index contributed by atoms with van der Waals surface area (Å²) in [6.07, 6.45) is 1.42. The number of carbonyl (C=O) groups excluding carboxylic acids is 1. The SMILES string of the molecule is O=C(NN=Cc1ccc([N+](=O)[O-])cc1)c1ccccc1. The normalized spacial score (nSPS) is 10.4. The number of nitrogens with one attached hydrogen (secondary N) is 1. The number of benzene rings is 2. The highest BCUT2D eigenvalue weighted by molar-refractivity contribution is 5.94. The number of nitro benzene ring substituents is 1. The fraction of sp³-hybridized carbons (Fsp3) is 0. The lowest BCUT2D eigenvalue weighted by Gasteiger charge is -1.98. The second-order valence-electron chi connectivity index (χ2n) is 3.91. The maximum Gasteiger partial charge on any atom is 0.271 e. The Kier molecular flexibility index (Phi) is 4.18. The molecule has 1 amide bonds. The molecule has 2 aromatic rings. The molecule has 0 heterocycles. The van der Waals surface area contributed by atoms with Crippen molar-refractivity contribution in [2.45, 2.75) is 0 Å². The first-order chi connectivity index (χ1) is 9.66. The number of hydrazone groups is 1. The highest BCUT2D eigenvalue weighted by Crippen LogP contribution is 2.10. The van der Waals surface area contributed by atoms with Crippen LogP contribution in [0.1, 0.15) is 15.9 Å². The van der Waals surface area contributed by atoms with Crippen molar-refractivity contribution in [3.63, 3.8) is 0 Å². The summed E-state index contributed by atoms with van der Waals surface area (Å²) in [6, 6.07) is 14.5. The number of nitrogens with zero attached hydrogens (tertiary/aromatic N) is 2. The van der Waals surface area contributed by atoms with Gasteiger partial charge in [0.05, 0.1) is 11.1 Å². The van der Waals surface area contributed by atoms with Gasteiger partial charge in [-0.2, -0.15) is 5.10 Å². The topological polar surface area (TPSA) is 84.6 Å². The second-order valence-corrected chi connectivity index (χ2v) is 3.91. The van der Waals surface area contributed by atoms with Crippen LogP contribution in [0, 0.1) is 10.1 Å². The smallest absolute Gasteiger partial charge is 0.267 e. The second kappa shape index (κ2) is 6.24. The first-order valence-electron chi connectivity index (χ1n) is 5.80. The van der Waals surface area contributed by atoms with Crippen LogP contribution in [0.2, 0.25) is 0 Å². The van der Waals surface area contributed by atoms with E-state index in [-0.39, 0.29) is 11.6 Å². The Bertz CT molecular complexity index is 636. The zero-order valence-corrected chi connectivity index (χ0v) is 10.4. The summed E-state index contributed by atoms with van der Waals surface area (Å²) >= 11 is 0. The summed E-state index contributed by atoms with van der Waals surface area (Å²) in [5, 5.41) is 14.3. The summed E-state index contributed by atoms with van der Waals surface area (Å²) in [7, 11) is 0. The Balaban J connectivity index is 1.96. The van der Waals surface area contributed by atoms with Gasteiger partial charge in [-0.1, -0.05) is 18.2 Å². The number of amides is 1. The largest absolute Gasteiger partial charge is 0.271 e. The molecule has 100 valence electrons. The Hall–Kier alpha value is -3.02. The summed E-state index contributed by atoms with van der Waals surface area (Å²) < 4.78 is 0. The van der Waals surface area contributed by atoms with Crippen molar-refractivity contribution in [2.24, 2.45) is 5.10 Å². The molecule has 0 bridgehead atoms. The predicted molar refractivity (Wildman–Crippen MR) is 74.6 cm³/mol. The molecule has 0 spiro atoms. The van der Waals surface area contributed by atoms with Crippen molar-refractivity contribution in [3.05, 3.63) is 75.8 Å². The molecule has 0 atom stereocenters. The molecule has 0 saturated carbocycles. The third-order valence-electron chi connectivity index (χ3n) is 2.52. The quantitative estimate of drug-likeness (QED) is 0.525. The van der Waals surface area contributed by atoms with Crippen LogP contribution in [0.4, 0.5) is 5.69 Å². The van der Waals surface area contributed by atoms with Crippen LogP contribution < -0.4 is 5.43 Å². The number of rotatable bonds is 4. The van der Waals surface area contributed by atoms with Crippen molar-refractivity contribution in [2.75, 3.05) is 0 Å². The molecule has 0 aromatic heterocycles.